The minimum atomic E-state index is -0.141. The molecule has 1 rings (SSSR count). The van der Waals surface area contributed by atoms with E-state index in [4.69, 9.17) is 5.73 Å². The Kier molecular flexibility index (Phi) is 6.70. The van der Waals surface area contributed by atoms with Crippen molar-refractivity contribution in [3.8, 4) is 0 Å². The number of hydrogen-bond donors (Lipinski definition) is 1. The molecule has 0 aliphatic carbocycles. The van der Waals surface area contributed by atoms with Crippen LogP contribution in [0.1, 0.15) is 25.0 Å². The predicted octanol–water partition coefficient (Wildman–Crippen LogP) is 3.35. The van der Waals surface area contributed by atoms with Crippen molar-refractivity contribution in [3.05, 3.63) is 33.8 Å². The number of nitrogens with zero attached hydrogens (tertiary/aromatic N) is 1. The van der Waals surface area contributed by atoms with E-state index < -0.39 is 0 Å². The van der Waals surface area contributed by atoms with E-state index in [1.165, 1.54) is 11.1 Å². The highest BCUT2D eigenvalue weighted by atomic mass is 79.9. The Morgan fingerprint density at radius 1 is 1.35 bits per heavy atom. The van der Waals surface area contributed by atoms with Gasteiger partial charge in [-0.15, -0.1) is 12.4 Å². The van der Waals surface area contributed by atoms with E-state index in [1.54, 1.807) is 0 Å². The standard InChI is InChI=1S/C13H21BrN2.ClH/c1-10-7-12(14)6-5-11(10)8-16(4)9-13(2,3)15;/h5-7H,8-9,15H2,1-4H3;1H. The molecule has 0 fully saturated rings. The van der Waals surface area contributed by atoms with Gasteiger partial charge in [0.15, 0.2) is 0 Å². The first-order chi connectivity index (χ1) is 7.28. The molecule has 1 aromatic rings. The Morgan fingerprint density at radius 3 is 2.41 bits per heavy atom. The zero-order chi connectivity index (χ0) is 12.3. The highest BCUT2D eigenvalue weighted by Gasteiger charge is 2.14. The molecule has 2 nitrogen and oxygen atoms in total. The summed E-state index contributed by atoms with van der Waals surface area (Å²) in [5, 5.41) is 0. The minimum absolute atomic E-state index is 0. The Balaban J connectivity index is 0.00000256. The third kappa shape index (κ3) is 6.41. The lowest BCUT2D eigenvalue weighted by molar-refractivity contribution is 0.263. The molecule has 17 heavy (non-hydrogen) atoms. The number of benzene rings is 1. The van der Waals surface area contributed by atoms with Crippen LogP contribution in [-0.2, 0) is 6.54 Å². The molecule has 2 N–H and O–H groups in total. The van der Waals surface area contributed by atoms with Crippen LogP contribution < -0.4 is 5.73 Å². The van der Waals surface area contributed by atoms with Crippen molar-refractivity contribution in [1.82, 2.24) is 4.90 Å². The van der Waals surface area contributed by atoms with Crippen LogP contribution in [0.3, 0.4) is 0 Å². The lowest BCUT2D eigenvalue weighted by Crippen LogP contribution is -2.43. The van der Waals surface area contributed by atoms with Gasteiger partial charge in [-0.2, -0.15) is 0 Å². The topological polar surface area (TPSA) is 29.3 Å². The molecule has 0 heterocycles. The summed E-state index contributed by atoms with van der Waals surface area (Å²) in [5.41, 5.74) is 8.53. The Morgan fingerprint density at radius 2 is 1.94 bits per heavy atom. The maximum Gasteiger partial charge on any atom is 0.0234 e. The average Bonchev–Trinajstić information content (AvgIpc) is 2.06. The fourth-order valence-corrected chi connectivity index (χ4v) is 2.35. The molecule has 98 valence electrons. The van der Waals surface area contributed by atoms with Crippen LogP contribution in [0.2, 0.25) is 0 Å². The summed E-state index contributed by atoms with van der Waals surface area (Å²) in [7, 11) is 2.11. The number of aryl methyl sites for hydroxylation is 1. The van der Waals surface area contributed by atoms with Gasteiger partial charge in [0.1, 0.15) is 0 Å². The van der Waals surface area contributed by atoms with Crippen LogP contribution in [0.15, 0.2) is 22.7 Å². The fourth-order valence-electron chi connectivity index (χ4n) is 1.88. The van der Waals surface area contributed by atoms with Gasteiger partial charge in [0.2, 0.25) is 0 Å². The summed E-state index contributed by atoms with van der Waals surface area (Å²) in [5.74, 6) is 0. The van der Waals surface area contributed by atoms with Crippen LogP contribution in [0, 0.1) is 6.92 Å². The number of rotatable bonds is 4. The SMILES string of the molecule is Cc1cc(Br)ccc1CN(C)CC(C)(C)N.Cl. The van der Waals surface area contributed by atoms with E-state index in [9.17, 15) is 0 Å². The smallest absolute Gasteiger partial charge is 0.0234 e. The van der Waals surface area contributed by atoms with Crippen LogP contribution >= 0.6 is 28.3 Å². The monoisotopic (exact) mass is 320 g/mol. The van der Waals surface area contributed by atoms with E-state index in [1.807, 2.05) is 0 Å². The molecule has 0 saturated carbocycles. The molecular weight excluding hydrogens is 300 g/mol. The fraction of sp³-hybridized carbons (Fsp3) is 0.538. The van der Waals surface area contributed by atoms with Gasteiger partial charge in [-0.3, -0.25) is 0 Å². The van der Waals surface area contributed by atoms with E-state index in [0.29, 0.717) is 0 Å². The first kappa shape index (κ1) is 16.9. The third-order valence-corrected chi connectivity index (χ3v) is 2.92. The molecule has 0 bridgehead atoms. The molecule has 0 spiro atoms. The molecule has 0 radical (unpaired) electrons. The molecular formula is C13H22BrClN2. The predicted molar refractivity (Wildman–Crippen MR) is 80.7 cm³/mol. The summed E-state index contributed by atoms with van der Waals surface area (Å²) >= 11 is 3.48. The van der Waals surface area contributed by atoms with Crippen LogP contribution in [0.25, 0.3) is 0 Å². The molecule has 0 aliphatic heterocycles. The summed E-state index contributed by atoms with van der Waals surface area (Å²) in [6.07, 6.45) is 0. The Hall–Kier alpha value is -0.0900. The second kappa shape index (κ2) is 6.74. The first-order valence-corrected chi connectivity index (χ1v) is 6.30. The molecule has 0 atom stereocenters. The number of nitrogens with two attached hydrogens (primary N) is 1. The normalized spacial score (nSPS) is 11.5. The van der Waals surface area contributed by atoms with Crippen molar-refractivity contribution in [2.45, 2.75) is 32.9 Å². The summed E-state index contributed by atoms with van der Waals surface area (Å²) in [6.45, 7) is 8.08. The van der Waals surface area contributed by atoms with E-state index in [0.717, 1.165) is 17.6 Å². The van der Waals surface area contributed by atoms with Crippen molar-refractivity contribution < 1.29 is 0 Å². The van der Waals surface area contributed by atoms with E-state index in [-0.39, 0.29) is 17.9 Å². The second-order valence-electron chi connectivity index (χ2n) is 5.23. The molecule has 0 aliphatic rings. The van der Waals surface area contributed by atoms with Crippen molar-refractivity contribution in [1.29, 1.82) is 0 Å². The zero-order valence-electron chi connectivity index (χ0n) is 11.0. The number of halogens is 2. The van der Waals surface area contributed by atoms with Gasteiger partial charge < -0.3 is 10.6 Å². The maximum atomic E-state index is 6.00. The van der Waals surface area contributed by atoms with Gasteiger partial charge in [-0.1, -0.05) is 22.0 Å². The second-order valence-corrected chi connectivity index (χ2v) is 6.15. The van der Waals surface area contributed by atoms with Crippen molar-refractivity contribution in [2.75, 3.05) is 13.6 Å². The van der Waals surface area contributed by atoms with Crippen molar-refractivity contribution >= 4 is 28.3 Å². The molecule has 4 heteroatoms. The Labute approximate surface area is 119 Å². The van der Waals surface area contributed by atoms with Gasteiger partial charge in [0.25, 0.3) is 0 Å². The van der Waals surface area contributed by atoms with Gasteiger partial charge in [-0.05, 0) is 51.1 Å². The van der Waals surface area contributed by atoms with Gasteiger partial charge >= 0.3 is 0 Å². The van der Waals surface area contributed by atoms with Gasteiger partial charge in [0, 0.05) is 23.1 Å². The average molecular weight is 322 g/mol. The van der Waals surface area contributed by atoms with E-state index in [2.05, 4.69) is 66.8 Å². The zero-order valence-corrected chi connectivity index (χ0v) is 13.4. The lowest BCUT2D eigenvalue weighted by Gasteiger charge is -2.27. The van der Waals surface area contributed by atoms with Crippen LogP contribution in [0.4, 0.5) is 0 Å². The molecule has 0 saturated heterocycles. The van der Waals surface area contributed by atoms with Crippen LogP contribution in [-0.4, -0.2) is 24.0 Å². The highest BCUT2D eigenvalue weighted by Crippen LogP contribution is 2.17. The van der Waals surface area contributed by atoms with Gasteiger partial charge in [0.05, 0.1) is 0 Å². The highest BCUT2D eigenvalue weighted by molar-refractivity contribution is 9.10. The minimum Gasteiger partial charge on any atom is -0.324 e. The van der Waals surface area contributed by atoms with Crippen LogP contribution in [0.5, 0.6) is 0 Å². The maximum absolute atomic E-state index is 6.00. The van der Waals surface area contributed by atoms with E-state index >= 15 is 0 Å². The Bertz CT molecular complexity index is 361. The lowest BCUT2D eigenvalue weighted by atomic mass is 10.1. The largest absolute Gasteiger partial charge is 0.324 e. The molecule has 1 aromatic carbocycles. The van der Waals surface area contributed by atoms with Gasteiger partial charge in [-0.25, -0.2) is 0 Å². The first-order valence-electron chi connectivity index (χ1n) is 5.50. The summed E-state index contributed by atoms with van der Waals surface area (Å²) in [4.78, 5) is 2.26. The molecule has 0 aromatic heterocycles. The molecule has 0 unspecified atom stereocenters. The number of likely N-dealkylation sites (N-methyl/N-ethyl adjacent to an activating group) is 1. The number of hydrogen-bond acceptors (Lipinski definition) is 2. The van der Waals surface area contributed by atoms with Crippen molar-refractivity contribution in [3.63, 3.8) is 0 Å². The quantitative estimate of drug-likeness (QED) is 0.921. The molecule has 0 amide bonds. The van der Waals surface area contributed by atoms with Crippen molar-refractivity contribution in [2.24, 2.45) is 5.73 Å². The summed E-state index contributed by atoms with van der Waals surface area (Å²) in [6, 6.07) is 6.40. The summed E-state index contributed by atoms with van der Waals surface area (Å²) < 4.78 is 1.13. The third-order valence-electron chi connectivity index (χ3n) is 2.42.